The van der Waals surface area contributed by atoms with Crippen molar-refractivity contribution >= 4 is 37.5 Å². The smallest absolute Gasteiger partial charge is 0.252 e. The van der Waals surface area contributed by atoms with E-state index in [0.717, 1.165) is 15.8 Å². The maximum absolute atomic E-state index is 12.7. The molecule has 0 bridgehead atoms. The van der Waals surface area contributed by atoms with Gasteiger partial charge in [0.05, 0.1) is 22.4 Å². The van der Waals surface area contributed by atoms with E-state index in [1.807, 2.05) is 23.6 Å². The fourth-order valence-electron chi connectivity index (χ4n) is 3.20. The molecule has 1 aromatic carbocycles. The summed E-state index contributed by atoms with van der Waals surface area (Å²) in [5.74, 6) is -0.637. The summed E-state index contributed by atoms with van der Waals surface area (Å²) in [6.07, 6.45) is 4.31. The van der Waals surface area contributed by atoms with Gasteiger partial charge in [0.2, 0.25) is 10.0 Å². The number of aryl methyl sites for hydroxylation is 1. The minimum atomic E-state index is -3.28. The lowest BCUT2D eigenvalue weighted by molar-refractivity contribution is -0.122. The van der Waals surface area contributed by atoms with Crippen LogP contribution in [0.2, 0.25) is 0 Å². The van der Waals surface area contributed by atoms with Crippen molar-refractivity contribution in [3.05, 3.63) is 41.2 Å². The molecule has 26 heavy (non-hydrogen) atoms. The molecule has 0 saturated carbocycles. The number of carbonyl (C=O) groups excluding carboxylic acids is 1. The van der Waals surface area contributed by atoms with E-state index in [9.17, 15) is 13.2 Å². The molecule has 1 saturated heterocycles. The average molecular weight is 394 g/mol. The van der Waals surface area contributed by atoms with Crippen molar-refractivity contribution in [2.24, 2.45) is 10.9 Å². The summed E-state index contributed by atoms with van der Waals surface area (Å²) in [5, 5.41) is 0. The Hall–Kier alpha value is -1.77. The molecular weight excluding hydrogens is 370 g/mol. The van der Waals surface area contributed by atoms with Crippen LogP contribution in [-0.2, 0) is 21.4 Å². The van der Waals surface area contributed by atoms with Crippen LogP contribution in [-0.4, -0.2) is 42.5 Å². The molecule has 2 heterocycles. The summed E-state index contributed by atoms with van der Waals surface area (Å²) in [7, 11) is -3.28. The quantitative estimate of drug-likeness (QED) is 0.748. The number of hydrogen-bond acceptors (Lipinski definition) is 4. The second-order valence-corrected chi connectivity index (χ2v) is 9.66. The highest BCUT2D eigenvalue weighted by Gasteiger charge is 2.30. The molecule has 0 spiro atoms. The van der Waals surface area contributed by atoms with Gasteiger partial charge in [-0.1, -0.05) is 23.5 Å². The summed E-state index contributed by atoms with van der Waals surface area (Å²) in [4.78, 5) is 17.7. The van der Waals surface area contributed by atoms with Crippen LogP contribution in [0.4, 0.5) is 0 Å². The zero-order valence-electron chi connectivity index (χ0n) is 15.0. The van der Waals surface area contributed by atoms with Gasteiger partial charge in [0.25, 0.3) is 5.91 Å². The van der Waals surface area contributed by atoms with Crippen LogP contribution in [0.3, 0.4) is 0 Å². The first-order chi connectivity index (χ1) is 12.3. The number of rotatable bonds is 4. The van der Waals surface area contributed by atoms with Crippen LogP contribution in [0, 0.1) is 12.8 Å². The van der Waals surface area contributed by atoms with Crippen molar-refractivity contribution in [2.75, 3.05) is 19.3 Å². The predicted octanol–water partition coefficient (Wildman–Crippen LogP) is 2.30. The minimum Gasteiger partial charge on any atom is -0.313 e. The van der Waals surface area contributed by atoms with E-state index in [0.29, 0.717) is 30.7 Å². The van der Waals surface area contributed by atoms with E-state index < -0.39 is 10.0 Å². The van der Waals surface area contributed by atoms with Crippen LogP contribution < -0.4 is 4.80 Å². The zero-order chi connectivity index (χ0) is 18.9. The summed E-state index contributed by atoms with van der Waals surface area (Å²) >= 11 is 1.47. The number of nitrogens with zero attached hydrogens (tertiary/aromatic N) is 3. The molecule has 0 N–H and O–H groups in total. The van der Waals surface area contributed by atoms with Crippen LogP contribution in [0.15, 0.2) is 35.8 Å². The monoisotopic (exact) mass is 393 g/mol. The van der Waals surface area contributed by atoms with E-state index >= 15 is 0 Å². The molecule has 1 unspecified atom stereocenters. The molecule has 140 valence electrons. The third-order valence-corrected chi connectivity index (χ3v) is 6.87. The lowest BCUT2D eigenvalue weighted by Crippen LogP contribution is -2.41. The lowest BCUT2D eigenvalue weighted by atomic mass is 9.99. The first-order valence-electron chi connectivity index (χ1n) is 8.54. The Morgan fingerprint density at radius 2 is 2.23 bits per heavy atom. The highest BCUT2D eigenvalue weighted by molar-refractivity contribution is 7.88. The van der Waals surface area contributed by atoms with E-state index in [2.05, 4.69) is 17.6 Å². The van der Waals surface area contributed by atoms with E-state index in [-0.39, 0.29) is 18.4 Å². The number of carbonyl (C=O) groups is 1. The van der Waals surface area contributed by atoms with E-state index in [1.165, 1.54) is 21.9 Å². The Bertz CT molecular complexity index is 1020. The molecular formula is C18H23N3O3S2. The number of fused-ring (bicyclic) bond motifs is 1. The molecule has 8 heteroatoms. The van der Waals surface area contributed by atoms with E-state index in [4.69, 9.17) is 0 Å². The van der Waals surface area contributed by atoms with Gasteiger partial charge in [-0.05, 0) is 37.5 Å². The molecule has 6 nitrogen and oxygen atoms in total. The van der Waals surface area contributed by atoms with Crippen molar-refractivity contribution < 1.29 is 13.2 Å². The molecule has 0 aliphatic carbocycles. The normalized spacial score (nSPS) is 19.8. The SMILES string of the molecule is C=CCn1c(=NC(=O)C2CCCN(S(C)(=O)=O)C2)sc2cc(C)ccc21. The number of allylic oxidation sites excluding steroid dienone is 1. The summed E-state index contributed by atoms with van der Waals surface area (Å²) in [6.45, 7) is 7.07. The lowest BCUT2D eigenvalue weighted by Gasteiger charge is -2.28. The first-order valence-corrected chi connectivity index (χ1v) is 11.2. The van der Waals surface area contributed by atoms with Gasteiger partial charge in [-0.25, -0.2) is 12.7 Å². The molecule has 1 aromatic heterocycles. The molecule has 1 fully saturated rings. The van der Waals surface area contributed by atoms with Gasteiger partial charge in [-0.2, -0.15) is 4.99 Å². The van der Waals surface area contributed by atoms with Gasteiger partial charge in [0.15, 0.2) is 4.80 Å². The largest absolute Gasteiger partial charge is 0.313 e. The Labute approximate surface area is 157 Å². The zero-order valence-corrected chi connectivity index (χ0v) is 16.6. The number of piperidine rings is 1. The number of hydrogen-bond donors (Lipinski definition) is 0. The Morgan fingerprint density at radius 3 is 2.92 bits per heavy atom. The Balaban J connectivity index is 1.97. The Morgan fingerprint density at radius 1 is 1.46 bits per heavy atom. The first kappa shape index (κ1) is 19.0. The fraction of sp³-hybridized carbons (Fsp3) is 0.444. The van der Waals surface area contributed by atoms with Gasteiger partial charge in [-0.15, -0.1) is 6.58 Å². The highest BCUT2D eigenvalue weighted by atomic mass is 32.2. The minimum absolute atomic E-state index is 0.215. The fourth-order valence-corrected chi connectivity index (χ4v) is 5.26. The third kappa shape index (κ3) is 3.97. The number of amides is 1. The van der Waals surface area contributed by atoms with Crippen LogP contribution in [0.25, 0.3) is 10.2 Å². The van der Waals surface area contributed by atoms with Crippen LogP contribution in [0.5, 0.6) is 0 Å². The summed E-state index contributed by atoms with van der Waals surface area (Å²) < 4.78 is 28.0. The number of benzene rings is 1. The standard InChI is InChI=1S/C18H23N3O3S2/c1-4-9-21-15-8-7-13(2)11-16(15)25-18(21)19-17(22)14-6-5-10-20(12-14)26(3,23)24/h4,7-8,11,14H,1,5-6,9-10,12H2,2-3H3. The molecule has 1 amide bonds. The van der Waals surface area contributed by atoms with Crippen molar-refractivity contribution in [1.29, 1.82) is 0 Å². The number of aromatic nitrogens is 1. The second kappa shape index (κ2) is 7.46. The number of sulfonamides is 1. The molecule has 3 rings (SSSR count). The van der Waals surface area contributed by atoms with E-state index in [1.54, 1.807) is 6.08 Å². The topological polar surface area (TPSA) is 71.7 Å². The Kier molecular flexibility index (Phi) is 5.45. The van der Waals surface area contributed by atoms with Crippen molar-refractivity contribution in [1.82, 2.24) is 8.87 Å². The van der Waals surface area contributed by atoms with Gasteiger partial charge in [-0.3, -0.25) is 4.79 Å². The van der Waals surface area contributed by atoms with Gasteiger partial charge in [0.1, 0.15) is 0 Å². The average Bonchev–Trinajstić information content (AvgIpc) is 2.91. The maximum Gasteiger partial charge on any atom is 0.252 e. The van der Waals surface area contributed by atoms with Gasteiger partial charge >= 0.3 is 0 Å². The summed E-state index contributed by atoms with van der Waals surface area (Å²) in [6, 6.07) is 6.14. The molecule has 1 atom stereocenters. The molecule has 1 aliphatic rings. The van der Waals surface area contributed by atoms with Gasteiger partial charge in [0, 0.05) is 19.6 Å². The maximum atomic E-state index is 12.7. The third-order valence-electron chi connectivity index (χ3n) is 4.56. The summed E-state index contributed by atoms with van der Waals surface area (Å²) in [5.41, 5.74) is 2.17. The van der Waals surface area contributed by atoms with Crippen molar-refractivity contribution in [2.45, 2.75) is 26.3 Å². The molecule has 1 aliphatic heterocycles. The number of thiazole rings is 1. The molecule has 2 aromatic rings. The van der Waals surface area contributed by atoms with Gasteiger partial charge < -0.3 is 4.57 Å². The van der Waals surface area contributed by atoms with Crippen LogP contribution >= 0.6 is 11.3 Å². The molecule has 0 radical (unpaired) electrons. The van der Waals surface area contributed by atoms with Crippen molar-refractivity contribution in [3.63, 3.8) is 0 Å². The van der Waals surface area contributed by atoms with Crippen molar-refractivity contribution in [3.8, 4) is 0 Å². The highest BCUT2D eigenvalue weighted by Crippen LogP contribution is 2.21. The second-order valence-electron chi connectivity index (χ2n) is 6.67. The predicted molar refractivity (Wildman–Crippen MR) is 104 cm³/mol. The van der Waals surface area contributed by atoms with Crippen LogP contribution in [0.1, 0.15) is 18.4 Å².